The number of nitro benzene ring substituents is 1. The molecule has 1 aromatic carbocycles. The van der Waals surface area contributed by atoms with E-state index in [1.165, 1.54) is 12.1 Å². The van der Waals surface area contributed by atoms with E-state index in [1.54, 1.807) is 27.8 Å². The van der Waals surface area contributed by atoms with E-state index in [2.05, 4.69) is 10.6 Å². The lowest BCUT2D eigenvalue weighted by molar-refractivity contribution is -0.384. The SMILES string of the molecule is CNc1ccc([N+](=O)[O-])cc1C(=O)OCC(=O)N[C@@](C)(C#N)C(C)C. The third-order valence-corrected chi connectivity index (χ3v) is 3.82. The van der Waals surface area contributed by atoms with Gasteiger partial charge in [0.2, 0.25) is 0 Å². The molecular weight excluding hydrogens is 328 g/mol. The molecule has 1 amide bonds. The molecule has 1 atom stereocenters. The number of nitriles is 1. The Kier molecular flexibility index (Phi) is 6.45. The molecule has 0 aromatic heterocycles. The maximum Gasteiger partial charge on any atom is 0.341 e. The van der Waals surface area contributed by atoms with Crippen LogP contribution in [0.1, 0.15) is 31.1 Å². The lowest BCUT2D eigenvalue weighted by atomic mass is 9.90. The number of carbonyl (C=O) groups excluding carboxylic acids is 2. The number of esters is 1. The Hall–Kier alpha value is -3.15. The lowest BCUT2D eigenvalue weighted by Crippen LogP contribution is -2.50. The summed E-state index contributed by atoms with van der Waals surface area (Å²) < 4.78 is 4.91. The van der Waals surface area contributed by atoms with Gasteiger partial charge in [-0.05, 0) is 18.9 Å². The van der Waals surface area contributed by atoms with E-state index >= 15 is 0 Å². The Balaban J connectivity index is 2.84. The molecule has 0 aliphatic rings. The fourth-order valence-corrected chi connectivity index (χ4v) is 1.87. The predicted octanol–water partition coefficient (Wildman–Crippen LogP) is 1.85. The number of hydrogen-bond acceptors (Lipinski definition) is 7. The molecule has 0 aliphatic heterocycles. The Morgan fingerprint density at radius 3 is 2.56 bits per heavy atom. The van der Waals surface area contributed by atoms with Gasteiger partial charge >= 0.3 is 5.97 Å². The fourth-order valence-electron chi connectivity index (χ4n) is 1.87. The van der Waals surface area contributed by atoms with E-state index in [4.69, 9.17) is 10.00 Å². The summed E-state index contributed by atoms with van der Waals surface area (Å²) >= 11 is 0. The molecule has 0 bridgehead atoms. The highest BCUT2D eigenvalue weighted by Gasteiger charge is 2.30. The molecule has 0 radical (unpaired) electrons. The summed E-state index contributed by atoms with van der Waals surface area (Å²) in [5.74, 6) is -1.67. The minimum atomic E-state index is -1.09. The molecule has 0 saturated heterocycles. The molecule has 0 fully saturated rings. The normalized spacial score (nSPS) is 12.6. The summed E-state index contributed by atoms with van der Waals surface area (Å²) in [6.45, 7) is 4.52. The maximum absolute atomic E-state index is 12.1. The van der Waals surface area contributed by atoms with Crippen LogP contribution in [-0.4, -0.2) is 36.0 Å². The molecule has 25 heavy (non-hydrogen) atoms. The summed E-state index contributed by atoms with van der Waals surface area (Å²) in [7, 11) is 1.55. The van der Waals surface area contributed by atoms with Gasteiger partial charge in [0, 0.05) is 24.9 Å². The summed E-state index contributed by atoms with van der Waals surface area (Å²) in [5, 5.41) is 25.2. The van der Waals surface area contributed by atoms with Crippen LogP contribution in [0.25, 0.3) is 0 Å². The van der Waals surface area contributed by atoms with Crippen LogP contribution in [-0.2, 0) is 9.53 Å². The highest BCUT2D eigenvalue weighted by molar-refractivity contribution is 5.97. The van der Waals surface area contributed by atoms with Gasteiger partial charge in [-0.25, -0.2) is 4.79 Å². The molecule has 0 aliphatic carbocycles. The summed E-state index contributed by atoms with van der Waals surface area (Å²) in [5.41, 5.74) is -1.09. The molecule has 1 aromatic rings. The predicted molar refractivity (Wildman–Crippen MR) is 89.9 cm³/mol. The van der Waals surface area contributed by atoms with Crippen molar-refractivity contribution in [1.82, 2.24) is 5.32 Å². The molecule has 9 nitrogen and oxygen atoms in total. The monoisotopic (exact) mass is 348 g/mol. The standard InChI is InChI=1S/C16H20N4O5/c1-10(2)16(3,9-17)19-14(21)8-25-15(22)12-7-11(20(23)24)5-6-13(12)18-4/h5-7,10,18H,8H2,1-4H3,(H,19,21)/t16-/m0/s1. The number of rotatable bonds is 7. The Bertz CT molecular complexity index is 726. The number of ether oxygens (including phenoxy) is 1. The van der Waals surface area contributed by atoms with Gasteiger partial charge in [0.25, 0.3) is 11.6 Å². The van der Waals surface area contributed by atoms with E-state index in [-0.39, 0.29) is 17.2 Å². The van der Waals surface area contributed by atoms with Crippen molar-refractivity contribution in [1.29, 1.82) is 5.26 Å². The van der Waals surface area contributed by atoms with Gasteiger partial charge in [-0.1, -0.05) is 13.8 Å². The van der Waals surface area contributed by atoms with Crippen molar-refractivity contribution in [2.45, 2.75) is 26.3 Å². The molecular formula is C16H20N4O5. The van der Waals surface area contributed by atoms with E-state index in [0.29, 0.717) is 5.69 Å². The van der Waals surface area contributed by atoms with Crippen LogP contribution in [0.15, 0.2) is 18.2 Å². The average molecular weight is 348 g/mol. The number of amides is 1. The number of nitrogens with one attached hydrogen (secondary N) is 2. The van der Waals surface area contributed by atoms with Gasteiger partial charge in [0.05, 0.1) is 16.6 Å². The van der Waals surface area contributed by atoms with Crippen molar-refractivity contribution in [2.24, 2.45) is 5.92 Å². The van der Waals surface area contributed by atoms with Crippen LogP contribution in [0.4, 0.5) is 11.4 Å². The summed E-state index contributed by atoms with van der Waals surface area (Å²) in [6.07, 6.45) is 0. The second kappa shape index (κ2) is 8.10. The number of nitrogens with zero attached hydrogens (tertiary/aromatic N) is 2. The molecule has 1 rings (SSSR count). The van der Waals surface area contributed by atoms with Gasteiger partial charge in [-0.15, -0.1) is 0 Å². The van der Waals surface area contributed by atoms with Crippen LogP contribution >= 0.6 is 0 Å². The summed E-state index contributed by atoms with van der Waals surface area (Å²) in [6, 6.07) is 5.70. The quantitative estimate of drug-likeness (QED) is 0.436. The van der Waals surface area contributed by atoms with Crippen molar-refractivity contribution >= 4 is 23.3 Å². The Labute approximate surface area is 145 Å². The fraction of sp³-hybridized carbons (Fsp3) is 0.438. The first-order chi connectivity index (χ1) is 11.6. The Morgan fingerprint density at radius 1 is 1.44 bits per heavy atom. The van der Waals surface area contributed by atoms with Crippen molar-refractivity contribution in [3.8, 4) is 6.07 Å². The van der Waals surface area contributed by atoms with Gasteiger partial charge in [0.15, 0.2) is 6.61 Å². The average Bonchev–Trinajstić information content (AvgIpc) is 2.58. The molecule has 2 N–H and O–H groups in total. The van der Waals surface area contributed by atoms with Crippen LogP contribution < -0.4 is 10.6 Å². The third-order valence-electron chi connectivity index (χ3n) is 3.82. The first kappa shape index (κ1) is 19.9. The Morgan fingerprint density at radius 2 is 2.08 bits per heavy atom. The van der Waals surface area contributed by atoms with Gasteiger partial charge in [0.1, 0.15) is 5.54 Å². The molecule has 0 unspecified atom stereocenters. The van der Waals surface area contributed by atoms with E-state index in [9.17, 15) is 19.7 Å². The molecule has 9 heteroatoms. The number of anilines is 1. The number of non-ortho nitro benzene ring substituents is 1. The molecule has 0 saturated carbocycles. The van der Waals surface area contributed by atoms with Gasteiger partial charge in [-0.3, -0.25) is 14.9 Å². The van der Waals surface area contributed by atoms with Crippen LogP contribution in [0.3, 0.4) is 0 Å². The van der Waals surface area contributed by atoms with Crippen molar-refractivity contribution in [3.05, 3.63) is 33.9 Å². The van der Waals surface area contributed by atoms with Crippen molar-refractivity contribution < 1.29 is 19.2 Å². The van der Waals surface area contributed by atoms with Crippen LogP contribution in [0, 0.1) is 27.4 Å². The van der Waals surface area contributed by atoms with Gasteiger partial charge in [-0.2, -0.15) is 5.26 Å². The zero-order chi connectivity index (χ0) is 19.2. The zero-order valence-corrected chi connectivity index (χ0v) is 14.5. The molecule has 134 valence electrons. The number of benzene rings is 1. The first-order valence-corrected chi connectivity index (χ1v) is 7.50. The second-order valence-electron chi connectivity index (χ2n) is 5.83. The minimum Gasteiger partial charge on any atom is -0.452 e. The van der Waals surface area contributed by atoms with Crippen LogP contribution in [0.5, 0.6) is 0 Å². The molecule has 0 heterocycles. The lowest BCUT2D eigenvalue weighted by Gasteiger charge is -2.27. The second-order valence-corrected chi connectivity index (χ2v) is 5.83. The molecule has 0 spiro atoms. The van der Waals surface area contributed by atoms with Gasteiger partial charge < -0.3 is 15.4 Å². The first-order valence-electron chi connectivity index (χ1n) is 7.50. The van der Waals surface area contributed by atoms with Crippen molar-refractivity contribution in [3.63, 3.8) is 0 Å². The minimum absolute atomic E-state index is 0.0589. The third kappa shape index (κ3) is 4.91. The number of hydrogen-bond donors (Lipinski definition) is 2. The number of nitro groups is 1. The van der Waals surface area contributed by atoms with E-state index < -0.39 is 28.9 Å². The topological polar surface area (TPSA) is 134 Å². The zero-order valence-electron chi connectivity index (χ0n) is 14.5. The summed E-state index contributed by atoms with van der Waals surface area (Å²) in [4.78, 5) is 34.3. The highest BCUT2D eigenvalue weighted by Crippen LogP contribution is 2.22. The van der Waals surface area contributed by atoms with Crippen LogP contribution in [0.2, 0.25) is 0 Å². The maximum atomic E-state index is 12.1. The largest absolute Gasteiger partial charge is 0.452 e. The van der Waals surface area contributed by atoms with Crippen molar-refractivity contribution in [2.75, 3.05) is 19.0 Å². The smallest absolute Gasteiger partial charge is 0.341 e. The highest BCUT2D eigenvalue weighted by atomic mass is 16.6. The number of carbonyl (C=O) groups is 2. The van der Waals surface area contributed by atoms with E-state index in [0.717, 1.165) is 6.07 Å². The van der Waals surface area contributed by atoms with E-state index in [1.807, 2.05) is 6.07 Å².